The molecule has 1 aliphatic rings. The van der Waals surface area contributed by atoms with E-state index < -0.39 is 0 Å². The van der Waals surface area contributed by atoms with Crippen LogP contribution in [-0.2, 0) is 0 Å². The third-order valence-corrected chi connectivity index (χ3v) is 2.76. The van der Waals surface area contributed by atoms with Gasteiger partial charge in [0, 0.05) is 35.4 Å². The largest absolute Gasteiger partial charge is 0.361 e. The molecule has 1 aliphatic heterocycles. The Morgan fingerprint density at radius 2 is 2.25 bits per heavy atom. The molecule has 82 valence electrons. The molecule has 2 heterocycles. The lowest BCUT2D eigenvalue weighted by Gasteiger charge is -2.21. The van der Waals surface area contributed by atoms with Gasteiger partial charge in [-0.1, -0.05) is 26.5 Å². The maximum atomic E-state index is 4.13. The predicted octanol–water partition coefficient (Wildman–Crippen LogP) is 3.35. The Morgan fingerprint density at radius 1 is 1.44 bits per heavy atom. The van der Waals surface area contributed by atoms with Crippen molar-refractivity contribution in [3.05, 3.63) is 54.5 Å². The van der Waals surface area contributed by atoms with Gasteiger partial charge in [-0.2, -0.15) is 0 Å². The molecule has 2 nitrogen and oxygen atoms in total. The van der Waals surface area contributed by atoms with Crippen molar-refractivity contribution in [2.24, 2.45) is 0 Å². The molecule has 0 radical (unpaired) electrons. The summed E-state index contributed by atoms with van der Waals surface area (Å²) in [7, 11) is 0. The van der Waals surface area contributed by atoms with Gasteiger partial charge in [0.2, 0.25) is 0 Å². The van der Waals surface area contributed by atoms with Gasteiger partial charge in [-0.25, -0.2) is 0 Å². The Morgan fingerprint density at radius 3 is 3.00 bits per heavy atom. The minimum Gasteiger partial charge on any atom is -0.361 e. The molecule has 0 saturated carbocycles. The third-order valence-electron chi connectivity index (χ3n) is 2.76. The first-order chi connectivity index (χ1) is 7.74. The number of fused-ring (bicyclic) bond motifs is 1. The van der Waals surface area contributed by atoms with E-state index in [4.69, 9.17) is 0 Å². The van der Waals surface area contributed by atoms with Crippen LogP contribution in [0.25, 0.3) is 11.3 Å². The summed E-state index contributed by atoms with van der Waals surface area (Å²) in [5.74, 6) is 0. The van der Waals surface area contributed by atoms with Gasteiger partial charge in [0.25, 0.3) is 0 Å². The molecule has 0 fully saturated rings. The second-order valence-corrected chi connectivity index (χ2v) is 3.96. The molecule has 1 aromatic rings. The maximum absolute atomic E-state index is 4.13. The molecule has 0 aromatic carbocycles. The predicted molar refractivity (Wildman–Crippen MR) is 68.4 cm³/mol. The van der Waals surface area contributed by atoms with E-state index in [1.807, 2.05) is 24.7 Å². The normalized spacial score (nSPS) is 13.8. The minimum absolute atomic E-state index is 0.899. The van der Waals surface area contributed by atoms with Crippen molar-refractivity contribution in [2.75, 3.05) is 0 Å². The fraction of sp³-hybridized carbons (Fsp3) is 0.214. The third kappa shape index (κ3) is 1.78. The molecule has 16 heavy (non-hydrogen) atoms. The summed E-state index contributed by atoms with van der Waals surface area (Å²) in [5.41, 5.74) is 5.48. The average molecular weight is 212 g/mol. The van der Waals surface area contributed by atoms with E-state index in [-0.39, 0.29) is 0 Å². The van der Waals surface area contributed by atoms with Crippen LogP contribution in [0.4, 0.5) is 0 Å². The monoisotopic (exact) mass is 212 g/mol. The molecule has 0 amide bonds. The summed E-state index contributed by atoms with van der Waals surface area (Å²) in [6, 6.07) is 2.02. The lowest BCUT2D eigenvalue weighted by atomic mass is 9.91. The summed E-state index contributed by atoms with van der Waals surface area (Å²) in [6.07, 6.45) is 7.77. The van der Waals surface area contributed by atoms with E-state index in [0.29, 0.717) is 0 Å². The van der Waals surface area contributed by atoms with Gasteiger partial charge in [-0.3, -0.25) is 4.98 Å². The zero-order valence-corrected chi connectivity index (χ0v) is 9.59. The van der Waals surface area contributed by atoms with Gasteiger partial charge in [-0.15, -0.1) is 0 Å². The van der Waals surface area contributed by atoms with Crippen LogP contribution in [0.2, 0.25) is 0 Å². The summed E-state index contributed by atoms with van der Waals surface area (Å²) >= 11 is 0. The van der Waals surface area contributed by atoms with Gasteiger partial charge in [0.15, 0.2) is 0 Å². The second kappa shape index (κ2) is 4.35. The molecule has 0 spiro atoms. The van der Waals surface area contributed by atoms with Crippen molar-refractivity contribution in [3.8, 4) is 0 Å². The van der Waals surface area contributed by atoms with Crippen LogP contribution < -0.4 is 5.32 Å². The highest BCUT2D eigenvalue weighted by Gasteiger charge is 2.16. The zero-order chi connectivity index (χ0) is 11.5. The van der Waals surface area contributed by atoms with Crippen molar-refractivity contribution >= 4 is 11.3 Å². The summed E-state index contributed by atoms with van der Waals surface area (Å²) < 4.78 is 0. The summed E-state index contributed by atoms with van der Waals surface area (Å²) in [6.45, 7) is 10.3. The minimum atomic E-state index is 0.899. The fourth-order valence-electron chi connectivity index (χ4n) is 1.91. The maximum Gasteiger partial charge on any atom is 0.0402 e. The lowest BCUT2D eigenvalue weighted by Crippen LogP contribution is -2.12. The van der Waals surface area contributed by atoms with Crippen molar-refractivity contribution in [1.82, 2.24) is 10.3 Å². The van der Waals surface area contributed by atoms with Crippen molar-refractivity contribution < 1.29 is 0 Å². The number of rotatable bonds is 3. The van der Waals surface area contributed by atoms with Gasteiger partial charge in [-0.05, 0) is 23.6 Å². The van der Waals surface area contributed by atoms with Crippen molar-refractivity contribution in [3.63, 3.8) is 0 Å². The standard InChI is InChI=1S/C14H16N2/c1-4-5-10(2)13-9-16-11(3)14-8-15-7-6-12(13)14/h6-9,16H,2-5H2,1H3. The van der Waals surface area contributed by atoms with Crippen LogP contribution in [-0.4, -0.2) is 4.98 Å². The number of aromatic nitrogens is 1. The highest BCUT2D eigenvalue weighted by atomic mass is 14.9. The Hall–Kier alpha value is -1.83. The molecular weight excluding hydrogens is 196 g/mol. The van der Waals surface area contributed by atoms with E-state index in [9.17, 15) is 0 Å². The Kier molecular flexibility index (Phi) is 2.91. The first-order valence-electron chi connectivity index (χ1n) is 5.52. The SMILES string of the molecule is C=C(CCC)C1=CNC(=C)c2cnccc21. The van der Waals surface area contributed by atoms with E-state index in [1.54, 1.807) is 0 Å². The second-order valence-electron chi connectivity index (χ2n) is 3.96. The van der Waals surface area contributed by atoms with Crippen LogP contribution in [0.15, 0.2) is 43.4 Å². The number of allylic oxidation sites excluding steroid dienone is 2. The molecule has 0 bridgehead atoms. The number of hydrogen-bond donors (Lipinski definition) is 1. The van der Waals surface area contributed by atoms with E-state index in [1.165, 1.54) is 11.1 Å². The highest BCUT2D eigenvalue weighted by Crippen LogP contribution is 2.32. The lowest BCUT2D eigenvalue weighted by molar-refractivity contribution is 0.930. The van der Waals surface area contributed by atoms with Crippen LogP contribution in [0, 0.1) is 0 Å². The molecule has 0 unspecified atom stereocenters. The van der Waals surface area contributed by atoms with E-state index in [0.717, 1.165) is 29.7 Å². The molecule has 0 saturated heterocycles. The topological polar surface area (TPSA) is 24.9 Å². The van der Waals surface area contributed by atoms with Crippen LogP contribution in [0.1, 0.15) is 30.9 Å². The van der Waals surface area contributed by atoms with Crippen LogP contribution in [0.5, 0.6) is 0 Å². The number of hydrogen-bond acceptors (Lipinski definition) is 2. The Labute approximate surface area is 96.4 Å². The highest BCUT2D eigenvalue weighted by molar-refractivity contribution is 5.88. The van der Waals surface area contributed by atoms with E-state index >= 15 is 0 Å². The van der Waals surface area contributed by atoms with Gasteiger partial charge < -0.3 is 5.32 Å². The first-order valence-corrected chi connectivity index (χ1v) is 5.52. The molecule has 1 aromatic heterocycles. The fourth-order valence-corrected chi connectivity index (χ4v) is 1.91. The summed E-state index contributed by atoms with van der Waals surface area (Å²) in [5, 5.41) is 3.17. The average Bonchev–Trinajstić information content (AvgIpc) is 2.30. The number of nitrogens with one attached hydrogen (secondary N) is 1. The van der Waals surface area contributed by atoms with E-state index in [2.05, 4.69) is 30.4 Å². The van der Waals surface area contributed by atoms with Gasteiger partial charge in [0.05, 0.1) is 0 Å². The quantitative estimate of drug-likeness (QED) is 0.831. The molecule has 2 heteroatoms. The van der Waals surface area contributed by atoms with Crippen LogP contribution in [0.3, 0.4) is 0 Å². The number of nitrogens with zero attached hydrogens (tertiary/aromatic N) is 1. The molecule has 2 rings (SSSR count). The summed E-state index contributed by atoms with van der Waals surface area (Å²) in [4.78, 5) is 4.13. The Bertz CT molecular complexity index is 469. The van der Waals surface area contributed by atoms with Crippen molar-refractivity contribution in [1.29, 1.82) is 0 Å². The zero-order valence-electron chi connectivity index (χ0n) is 9.59. The van der Waals surface area contributed by atoms with Crippen LogP contribution >= 0.6 is 0 Å². The van der Waals surface area contributed by atoms with Gasteiger partial charge in [0.1, 0.15) is 0 Å². The van der Waals surface area contributed by atoms with Gasteiger partial charge >= 0.3 is 0 Å². The molecule has 1 N–H and O–H groups in total. The van der Waals surface area contributed by atoms with Crippen molar-refractivity contribution in [2.45, 2.75) is 19.8 Å². The number of pyridine rings is 1. The first kappa shape index (κ1) is 10.7. The molecular formula is C14H16N2. The Balaban J connectivity index is 2.43. The smallest absolute Gasteiger partial charge is 0.0402 e. The molecule has 0 atom stereocenters. The molecule has 0 aliphatic carbocycles.